The van der Waals surface area contributed by atoms with Crippen LogP contribution in [0.4, 0.5) is 10.5 Å². The third-order valence-electron chi connectivity index (χ3n) is 3.57. The average molecular weight is 341 g/mol. The molecule has 0 saturated heterocycles. The molecule has 0 spiro atoms. The van der Waals surface area contributed by atoms with Crippen LogP contribution in [0.5, 0.6) is 5.75 Å². The van der Waals surface area contributed by atoms with Gasteiger partial charge >= 0.3 is 6.03 Å². The first kappa shape index (κ1) is 18.3. The van der Waals surface area contributed by atoms with Crippen molar-refractivity contribution < 1.29 is 14.3 Å². The van der Waals surface area contributed by atoms with Crippen LogP contribution in [0.15, 0.2) is 54.6 Å². The quantitative estimate of drug-likeness (QED) is 0.869. The van der Waals surface area contributed by atoms with Gasteiger partial charge in [0.2, 0.25) is 0 Å². The fraction of sp³-hybridized carbons (Fsp3) is 0.263. The highest BCUT2D eigenvalue weighted by molar-refractivity contribution is 6.01. The Morgan fingerprint density at radius 3 is 1.96 bits per heavy atom. The van der Waals surface area contributed by atoms with Gasteiger partial charge in [-0.15, -0.1) is 0 Å². The van der Waals surface area contributed by atoms with E-state index in [0.29, 0.717) is 17.0 Å². The van der Waals surface area contributed by atoms with Crippen LogP contribution < -0.4 is 15.5 Å². The van der Waals surface area contributed by atoms with Crippen molar-refractivity contribution >= 4 is 17.6 Å². The fourth-order valence-electron chi connectivity index (χ4n) is 2.46. The van der Waals surface area contributed by atoms with Gasteiger partial charge in [-0.05, 0) is 57.2 Å². The maximum atomic E-state index is 13.1. The number of hydrazine groups is 1. The maximum absolute atomic E-state index is 13.1. The van der Waals surface area contributed by atoms with Crippen molar-refractivity contribution in [1.82, 2.24) is 5.01 Å². The number of rotatable bonds is 3. The fourth-order valence-corrected chi connectivity index (χ4v) is 2.46. The predicted octanol–water partition coefficient (Wildman–Crippen LogP) is 3.44. The molecule has 0 aromatic heterocycles. The van der Waals surface area contributed by atoms with E-state index in [1.165, 1.54) is 10.0 Å². The van der Waals surface area contributed by atoms with E-state index in [9.17, 15) is 9.59 Å². The second-order valence-electron chi connectivity index (χ2n) is 6.50. The Balaban J connectivity index is 2.52. The topological polar surface area (TPSA) is 75.9 Å². The Morgan fingerprint density at radius 1 is 0.960 bits per heavy atom. The van der Waals surface area contributed by atoms with Crippen molar-refractivity contribution in [2.75, 3.05) is 12.1 Å². The summed E-state index contributed by atoms with van der Waals surface area (Å²) in [5.74, 6) is 0.326. The Morgan fingerprint density at radius 2 is 1.52 bits per heavy atom. The van der Waals surface area contributed by atoms with Crippen molar-refractivity contribution in [3.05, 3.63) is 60.2 Å². The minimum Gasteiger partial charge on any atom is -0.497 e. The molecule has 0 aliphatic rings. The molecule has 6 heteroatoms. The molecule has 25 heavy (non-hydrogen) atoms. The first-order valence-electron chi connectivity index (χ1n) is 7.89. The molecule has 0 atom stereocenters. The van der Waals surface area contributed by atoms with E-state index in [-0.39, 0.29) is 5.91 Å². The molecule has 132 valence electrons. The largest absolute Gasteiger partial charge is 0.497 e. The number of nitrogens with zero attached hydrogens (tertiary/aromatic N) is 2. The molecule has 2 rings (SSSR count). The van der Waals surface area contributed by atoms with Crippen LogP contribution in [0.1, 0.15) is 31.1 Å². The van der Waals surface area contributed by atoms with Gasteiger partial charge in [-0.1, -0.05) is 18.2 Å². The monoisotopic (exact) mass is 341 g/mol. The van der Waals surface area contributed by atoms with E-state index in [0.717, 1.165) is 0 Å². The van der Waals surface area contributed by atoms with E-state index in [1.807, 2.05) is 26.8 Å². The summed E-state index contributed by atoms with van der Waals surface area (Å²) in [6, 6.07) is 14.8. The van der Waals surface area contributed by atoms with Gasteiger partial charge < -0.3 is 10.5 Å². The number of methoxy groups -OCH3 is 1. The van der Waals surface area contributed by atoms with Gasteiger partial charge in [0.15, 0.2) is 0 Å². The number of anilines is 1. The van der Waals surface area contributed by atoms with E-state index in [2.05, 4.69) is 0 Å². The molecule has 0 heterocycles. The lowest BCUT2D eigenvalue weighted by Gasteiger charge is -2.42. The van der Waals surface area contributed by atoms with Gasteiger partial charge in [0.25, 0.3) is 5.91 Å². The second-order valence-corrected chi connectivity index (χ2v) is 6.50. The summed E-state index contributed by atoms with van der Waals surface area (Å²) < 4.78 is 5.14. The normalized spacial score (nSPS) is 10.9. The summed E-state index contributed by atoms with van der Waals surface area (Å²) in [6.45, 7) is 5.52. The van der Waals surface area contributed by atoms with Crippen molar-refractivity contribution in [3.8, 4) is 5.75 Å². The highest BCUT2D eigenvalue weighted by Crippen LogP contribution is 2.27. The molecule has 2 aromatic carbocycles. The van der Waals surface area contributed by atoms with Crippen LogP contribution in [0.25, 0.3) is 0 Å². The molecule has 0 radical (unpaired) electrons. The highest BCUT2D eigenvalue weighted by Gasteiger charge is 2.35. The number of hydrogen-bond donors (Lipinski definition) is 1. The lowest BCUT2D eigenvalue weighted by molar-refractivity contribution is 0.0569. The zero-order valence-electron chi connectivity index (χ0n) is 14.9. The summed E-state index contributed by atoms with van der Waals surface area (Å²) in [5, 5.41) is 2.56. The Labute approximate surface area is 147 Å². The molecular weight excluding hydrogens is 318 g/mol. The van der Waals surface area contributed by atoms with E-state index in [1.54, 1.807) is 55.6 Å². The molecule has 0 unspecified atom stereocenters. The molecule has 0 bridgehead atoms. The van der Waals surface area contributed by atoms with Gasteiger partial charge in [-0.25, -0.2) is 9.80 Å². The Kier molecular flexibility index (Phi) is 5.32. The number of carbonyl (C=O) groups excluding carboxylic acids is 2. The number of primary amides is 1. The molecule has 0 aliphatic heterocycles. The van der Waals surface area contributed by atoms with Gasteiger partial charge in [-0.2, -0.15) is 5.01 Å². The lowest BCUT2D eigenvalue weighted by atomic mass is 10.1. The lowest BCUT2D eigenvalue weighted by Crippen LogP contribution is -2.60. The molecule has 3 amide bonds. The summed E-state index contributed by atoms with van der Waals surface area (Å²) in [4.78, 5) is 25.3. The molecular formula is C19H23N3O3. The van der Waals surface area contributed by atoms with Gasteiger partial charge in [0.05, 0.1) is 18.3 Å². The van der Waals surface area contributed by atoms with Crippen molar-refractivity contribution in [2.24, 2.45) is 5.73 Å². The number of benzene rings is 2. The zero-order chi connectivity index (χ0) is 18.6. The van der Waals surface area contributed by atoms with E-state index >= 15 is 0 Å². The number of carbonyl (C=O) groups is 2. The molecule has 6 nitrogen and oxygen atoms in total. The number of amides is 3. The predicted molar refractivity (Wildman–Crippen MR) is 97.4 cm³/mol. The minimum atomic E-state index is -0.746. The van der Waals surface area contributed by atoms with Gasteiger partial charge in [-0.3, -0.25) is 4.79 Å². The van der Waals surface area contributed by atoms with E-state index < -0.39 is 11.6 Å². The highest BCUT2D eigenvalue weighted by atomic mass is 16.5. The van der Waals surface area contributed by atoms with Crippen molar-refractivity contribution in [1.29, 1.82) is 0 Å². The first-order chi connectivity index (χ1) is 11.8. The maximum Gasteiger partial charge on any atom is 0.338 e. The smallest absolute Gasteiger partial charge is 0.338 e. The van der Waals surface area contributed by atoms with Crippen molar-refractivity contribution in [3.63, 3.8) is 0 Å². The van der Waals surface area contributed by atoms with Crippen LogP contribution in [-0.2, 0) is 0 Å². The third-order valence-corrected chi connectivity index (χ3v) is 3.57. The van der Waals surface area contributed by atoms with Gasteiger partial charge in [0.1, 0.15) is 5.75 Å². The minimum absolute atomic E-state index is 0.317. The summed E-state index contributed by atoms with van der Waals surface area (Å²) in [5.41, 5.74) is 5.88. The molecule has 0 aliphatic carbocycles. The average Bonchev–Trinajstić information content (AvgIpc) is 2.58. The Bertz CT molecular complexity index is 737. The Hall–Kier alpha value is -3.02. The standard InChI is InChI=1S/C19H23N3O3/c1-19(2,3)22(17(23)14-8-6-5-7-9-14)21(18(20)24)15-10-12-16(25-4)13-11-15/h5-13H,1-4H3,(H2,20,24). The van der Waals surface area contributed by atoms with Crippen LogP contribution in [-0.4, -0.2) is 29.6 Å². The SMILES string of the molecule is COc1ccc(N(C(N)=O)N(C(=O)c2ccccc2)C(C)(C)C)cc1. The first-order valence-corrected chi connectivity index (χ1v) is 7.89. The number of ether oxygens (including phenoxy) is 1. The van der Waals surface area contributed by atoms with Crippen LogP contribution in [0.2, 0.25) is 0 Å². The number of nitrogens with two attached hydrogens (primary N) is 1. The van der Waals surface area contributed by atoms with Crippen molar-refractivity contribution in [2.45, 2.75) is 26.3 Å². The van der Waals surface area contributed by atoms with Crippen LogP contribution in [0, 0.1) is 0 Å². The third kappa shape index (κ3) is 4.09. The number of urea groups is 1. The van der Waals surface area contributed by atoms with Crippen LogP contribution in [0.3, 0.4) is 0 Å². The van der Waals surface area contributed by atoms with Gasteiger partial charge in [0, 0.05) is 5.56 Å². The second kappa shape index (κ2) is 7.25. The van der Waals surface area contributed by atoms with E-state index in [4.69, 9.17) is 10.5 Å². The molecule has 0 fully saturated rings. The summed E-state index contributed by atoms with van der Waals surface area (Å²) in [6.07, 6.45) is 0. The zero-order valence-corrected chi connectivity index (χ0v) is 14.9. The number of hydrogen-bond acceptors (Lipinski definition) is 3. The summed E-state index contributed by atoms with van der Waals surface area (Å²) >= 11 is 0. The molecule has 0 saturated carbocycles. The van der Waals surface area contributed by atoms with Crippen LogP contribution >= 0.6 is 0 Å². The molecule has 2 N–H and O–H groups in total. The molecule has 2 aromatic rings. The summed E-state index contributed by atoms with van der Waals surface area (Å²) in [7, 11) is 1.56.